The van der Waals surface area contributed by atoms with Crippen molar-refractivity contribution in [1.82, 2.24) is 78.7 Å². The molecule has 37 heteroatoms. The van der Waals surface area contributed by atoms with Crippen LogP contribution in [0, 0.1) is 10.8 Å². The number of nitrogens with two attached hydrogens (primary N) is 2. The van der Waals surface area contributed by atoms with Gasteiger partial charge in [0.1, 0.15) is 25.3 Å². The van der Waals surface area contributed by atoms with Gasteiger partial charge in [-0.25, -0.2) is 58.5 Å². The molecule has 0 aromatic carbocycles. The molecule has 5 rings (SSSR count). The second kappa shape index (κ2) is 29.5. The van der Waals surface area contributed by atoms with E-state index < -0.39 is 106 Å². The van der Waals surface area contributed by atoms with Gasteiger partial charge in [-0.05, 0) is 0 Å². The number of rotatable bonds is 14. The van der Waals surface area contributed by atoms with Gasteiger partial charge >= 0.3 is 52.8 Å². The molecule has 362 valence electrons. The van der Waals surface area contributed by atoms with Crippen LogP contribution in [0.3, 0.4) is 0 Å². The van der Waals surface area contributed by atoms with E-state index in [9.17, 15) is 63.0 Å². The number of aromatic nitrogens is 10. The van der Waals surface area contributed by atoms with Crippen LogP contribution in [0.2, 0.25) is 0 Å². The third-order valence-corrected chi connectivity index (χ3v) is 9.17. The van der Waals surface area contributed by atoms with Gasteiger partial charge in [-0.2, -0.15) is 0 Å². The van der Waals surface area contributed by atoms with Crippen LogP contribution < -0.4 is 41.5 Å². The highest BCUT2D eigenvalue weighted by molar-refractivity contribution is 7.36. The van der Waals surface area contributed by atoms with Gasteiger partial charge in [-0.3, -0.25) is 48.5 Å². The van der Waals surface area contributed by atoms with Gasteiger partial charge in [0, 0.05) is 79.7 Å². The number of hydrogen-bond donors (Lipinski definition) is 13. The van der Waals surface area contributed by atoms with Crippen LogP contribution in [-0.4, -0.2) is 134 Å². The zero-order chi connectivity index (χ0) is 48.6. The van der Waals surface area contributed by atoms with Crippen LogP contribution in [0.15, 0.2) is 93.6 Å². The van der Waals surface area contributed by atoms with Crippen LogP contribution in [-0.2, 0) is 38.4 Å². The first-order valence-electron chi connectivity index (χ1n) is 16.5. The van der Waals surface area contributed by atoms with E-state index >= 15 is 0 Å². The molecule has 0 aliphatic carbocycles. The first-order chi connectivity index (χ1) is 30.9. The standard InChI is InChI=1S/C13H14N8O8P2.C7H6N4O.C5H10N4O6P2.C3H4N2.2CH4/c22-7(16-30-18-11(28)20-3-1-14-5-20)13(9(24)25,10(26)27)8(23)17-31-19-12(29)21-4-2-15-6-21;12-7(10-3-1-8-5-10)11-4-2-9-6-11;6-16-8-1(10)5(3(12)13,4(14)15)2(11)9-17-7;1-2-5-3-4-1;;/h1-6,30-31H,(H,16,22)(H,17,23)(H,18,28)(H,19,29)(H,24,25)(H,26,27);1-6H;16-17H,6-7H2,(H,8,10)(H,9,11)(H,12,13)(H,14,15);1-3H,(H,4,5);2*1H4. The monoisotopic (exact) mass is 1020 g/mol. The molecule has 67 heavy (non-hydrogen) atoms. The van der Waals surface area contributed by atoms with Gasteiger partial charge < -0.3 is 55.9 Å². The Bertz CT molecular complexity index is 2220. The summed E-state index contributed by atoms with van der Waals surface area (Å²) in [5.74, 6) is -15.3. The summed E-state index contributed by atoms with van der Waals surface area (Å²) in [6, 6.07) is -1.69. The number of amides is 6. The predicted molar refractivity (Wildman–Crippen MR) is 235 cm³/mol. The summed E-state index contributed by atoms with van der Waals surface area (Å²) in [7, 11) is -3.42. The van der Waals surface area contributed by atoms with Crippen molar-refractivity contribution >= 4 is 101 Å². The molecule has 4 atom stereocenters. The van der Waals surface area contributed by atoms with Crippen molar-refractivity contribution in [3.8, 4) is 0 Å². The van der Waals surface area contributed by atoms with Gasteiger partial charge in [-0.15, -0.1) is 0 Å². The Labute approximate surface area is 382 Å². The molecule has 4 unspecified atom stereocenters. The lowest BCUT2D eigenvalue weighted by Gasteiger charge is -2.22. The quantitative estimate of drug-likeness (QED) is 0.0418. The molecular formula is C30H42N18O15P4. The van der Waals surface area contributed by atoms with Crippen molar-refractivity contribution in [3.63, 3.8) is 0 Å². The maximum atomic E-state index is 12.3. The average Bonchev–Trinajstić information content (AvgIpc) is 4.12. The fourth-order valence-electron chi connectivity index (χ4n) is 3.94. The molecule has 5 heterocycles. The molecule has 33 nitrogen and oxygen atoms in total. The Morgan fingerprint density at radius 1 is 0.463 bits per heavy atom. The van der Waals surface area contributed by atoms with E-state index in [1.807, 2.05) is 10.2 Å². The molecule has 0 saturated carbocycles. The van der Waals surface area contributed by atoms with Gasteiger partial charge in [0.15, 0.2) is 0 Å². The van der Waals surface area contributed by atoms with E-state index in [2.05, 4.69) is 40.1 Å². The van der Waals surface area contributed by atoms with E-state index in [-0.39, 0.29) is 20.9 Å². The Hall–Kier alpha value is -7.94. The number of H-pyrrole nitrogens is 1. The lowest BCUT2D eigenvalue weighted by atomic mass is 9.86. The number of nitrogens with one attached hydrogen (secondary N) is 7. The van der Waals surface area contributed by atoms with E-state index in [1.165, 1.54) is 46.6 Å². The number of aromatic amines is 1. The van der Waals surface area contributed by atoms with Crippen LogP contribution in [0.4, 0.5) is 14.4 Å². The Morgan fingerprint density at radius 2 is 0.776 bits per heavy atom. The second-order valence-electron chi connectivity index (χ2n) is 10.9. The molecule has 6 amide bonds. The summed E-state index contributed by atoms with van der Waals surface area (Å²) >= 11 is 0. The zero-order valence-corrected chi connectivity index (χ0v) is 36.1. The molecule has 0 aliphatic heterocycles. The minimum Gasteiger partial charge on any atom is -0.480 e. The predicted octanol–water partition coefficient (Wildman–Crippen LogP) is -2.11. The lowest BCUT2D eigenvalue weighted by Crippen LogP contribution is -2.59. The third-order valence-electron chi connectivity index (χ3n) is 7.04. The molecule has 0 radical (unpaired) electrons. The number of carbonyl (C=O) groups excluding carboxylic acids is 7. The van der Waals surface area contributed by atoms with Crippen molar-refractivity contribution in [2.45, 2.75) is 14.9 Å². The van der Waals surface area contributed by atoms with Crippen LogP contribution in [0.1, 0.15) is 14.9 Å². The van der Waals surface area contributed by atoms with Crippen molar-refractivity contribution in [3.05, 3.63) is 93.6 Å². The third kappa shape index (κ3) is 15.9. The fraction of sp³-hybridized carbons (Fsp3) is 0.133. The van der Waals surface area contributed by atoms with E-state index in [4.69, 9.17) is 21.2 Å². The summed E-state index contributed by atoms with van der Waals surface area (Å²) in [6.07, 6.45) is 21.7. The number of carboxylic acids is 4. The van der Waals surface area contributed by atoms with Crippen LogP contribution in [0.5, 0.6) is 0 Å². The van der Waals surface area contributed by atoms with Crippen molar-refractivity contribution in [2.75, 3.05) is 0 Å². The van der Waals surface area contributed by atoms with Gasteiger partial charge in [-0.1, -0.05) is 14.9 Å². The molecule has 15 N–H and O–H groups in total. The Balaban J connectivity index is 0.00000101. The summed E-state index contributed by atoms with van der Waals surface area (Å²) in [5, 5.41) is 48.0. The molecule has 5 aromatic heterocycles. The fourth-order valence-corrected chi connectivity index (χ4v) is 5.77. The van der Waals surface area contributed by atoms with Gasteiger partial charge in [0.25, 0.3) is 23.6 Å². The highest BCUT2D eigenvalue weighted by Gasteiger charge is 2.62. The van der Waals surface area contributed by atoms with E-state index in [0.717, 1.165) is 21.8 Å². The molecule has 0 spiro atoms. The molecule has 0 bridgehead atoms. The highest BCUT2D eigenvalue weighted by atomic mass is 31.1. The molecule has 5 aromatic rings. The van der Waals surface area contributed by atoms with Crippen LogP contribution >= 0.6 is 35.5 Å². The van der Waals surface area contributed by atoms with Crippen molar-refractivity contribution in [2.24, 2.45) is 21.8 Å². The summed E-state index contributed by atoms with van der Waals surface area (Å²) in [5.41, 5.74) is 3.05. The maximum Gasteiger partial charge on any atom is 0.340 e. The SMILES string of the molecule is C.C.NPNC(=O)C(C(=O)O)(C(=O)O)C(=O)NPN.O=C(NPNC(=O)C(C(=O)O)(C(=O)O)C(=O)NPNC(=O)n1ccnc1)n1ccnc1.O=C(n1ccnc1)n1ccnc1.c1c[nH]cn1. The summed E-state index contributed by atoms with van der Waals surface area (Å²) in [4.78, 5) is 149. The largest absolute Gasteiger partial charge is 0.480 e. The highest BCUT2D eigenvalue weighted by Crippen LogP contribution is 2.24. The maximum absolute atomic E-state index is 12.3. The number of carbonyl (C=O) groups is 11. The van der Waals surface area contributed by atoms with Gasteiger partial charge in [0.2, 0.25) is 0 Å². The number of aliphatic carboxylic acids is 4. The first-order valence-corrected chi connectivity index (χ1v) is 20.7. The average molecular weight is 1020 g/mol. The lowest BCUT2D eigenvalue weighted by molar-refractivity contribution is -0.174. The number of hydrogen-bond acceptors (Lipinski definition) is 18. The topological polar surface area (TPSA) is 493 Å². The second-order valence-corrected chi connectivity index (χ2v) is 13.4. The van der Waals surface area contributed by atoms with E-state index in [0.29, 0.717) is 0 Å². The van der Waals surface area contributed by atoms with Gasteiger partial charge in [0.05, 0.1) is 24.1 Å². The molecular weight excluding hydrogens is 976 g/mol. The first kappa shape index (κ1) is 59.1. The van der Waals surface area contributed by atoms with E-state index in [1.54, 1.807) is 53.7 Å². The number of nitrogens with zero attached hydrogens (tertiary/aromatic N) is 9. The Morgan fingerprint density at radius 3 is 1.00 bits per heavy atom. The molecule has 0 saturated heterocycles. The smallest absolute Gasteiger partial charge is 0.340 e. The van der Waals surface area contributed by atoms with Crippen molar-refractivity contribution < 1.29 is 73.2 Å². The van der Waals surface area contributed by atoms with Crippen molar-refractivity contribution in [1.29, 1.82) is 0 Å². The number of carboxylic acid groups (broad SMARTS) is 4. The minimum atomic E-state index is -3.57. The minimum absolute atomic E-state index is 0. The Kier molecular flexibility index (Phi) is 26.0. The zero-order valence-electron chi connectivity index (χ0n) is 32.1. The van der Waals surface area contributed by atoms with Crippen LogP contribution in [0.25, 0.3) is 0 Å². The molecule has 0 fully saturated rings. The molecule has 0 aliphatic rings. The normalized spacial score (nSPS) is 10.7. The summed E-state index contributed by atoms with van der Waals surface area (Å²) in [6.45, 7) is 0. The summed E-state index contributed by atoms with van der Waals surface area (Å²) < 4.78 is 4.75. The number of imidazole rings is 5.